The quantitative estimate of drug-likeness (QED) is 0.893. The van der Waals surface area contributed by atoms with Crippen LogP contribution in [0, 0.1) is 6.92 Å². The molecule has 0 unspecified atom stereocenters. The highest BCUT2D eigenvalue weighted by atomic mass is 16.5. The van der Waals surface area contributed by atoms with Crippen molar-refractivity contribution in [2.24, 2.45) is 0 Å². The highest BCUT2D eigenvalue weighted by molar-refractivity contribution is 5.94. The molecular weight excluding hydrogens is 230 g/mol. The van der Waals surface area contributed by atoms with E-state index in [2.05, 4.69) is 4.90 Å². The molecule has 0 amide bonds. The van der Waals surface area contributed by atoms with Crippen LogP contribution in [0.15, 0.2) is 18.2 Å². The molecular formula is C14H19NO3. The molecule has 1 N–H and O–H groups in total. The molecule has 1 heterocycles. The maximum absolute atomic E-state index is 11.3. The molecule has 18 heavy (non-hydrogen) atoms. The number of ether oxygens (including phenoxy) is 1. The lowest BCUT2D eigenvalue weighted by molar-refractivity contribution is 0.0696. The summed E-state index contributed by atoms with van der Waals surface area (Å²) in [6.45, 7) is 3.41. The second kappa shape index (κ2) is 5.40. The maximum Gasteiger partial charge on any atom is 0.337 e. The molecule has 1 aromatic rings. The van der Waals surface area contributed by atoms with Gasteiger partial charge in [0.1, 0.15) is 0 Å². The van der Waals surface area contributed by atoms with E-state index in [1.165, 1.54) is 0 Å². The van der Waals surface area contributed by atoms with Crippen LogP contribution in [0.4, 0.5) is 5.69 Å². The number of hydrogen-bond donors (Lipinski definition) is 1. The minimum Gasteiger partial charge on any atom is -0.478 e. The van der Waals surface area contributed by atoms with E-state index in [0.717, 1.165) is 37.3 Å². The number of nitrogens with zero attached hydrogens (tertiary/aromatic N) is 1. The standard InChI is InChI=1S/C14H19NO3/c1-10-3-4-13(12(9-10)14(16)17)15(2)11-5-7-18-8-6-11/h3-4,9,11H,5-8H2,1-2H3,(H,16,17). The van der Waals surface area contributed by atoms with Crippen molar-refractivity contribution in [3.63, 3.8) is 0 Å². The van der Waals surface area contributed by atoms with Gasteiger partial charge in [0.05, 0.1) is 11.3 Å². The average molecular weight is 249 g/mol. The topological polar surface area (TPSA) is 49.8 Å². The maximum atomic E-state index is 11.3. The second-order valence-corrected chi connectivity index (χ2v) is 4.78. The summed E-state index contributed by atoms with van der Waals surface area (Å²) >= 11 is 0. The van der Waals surface area contributed by atoms with E-state index in [1.807, 2.05) is 26.1 Å². The first-order valence-electron chi connectivity index (χ1n) is 6.24. The van der Waals surface area contributed by atoms with E-state index >= 15 is 0 Å². The van der Waals surface area contributed by atoms with Gasteiger partial charge in [-0.15, -0.1) is 0 Å². The number of rotatable bonds is 3. The van der Waals surface area contributed by atoms with Gasteiger partial charge in [0.2, 0.25) is 0 Å². The highest BCUT2D eigenvalue weighted by Crippen LogP contribution is 2.26. The monoisotopic (exact) mass is 249 g/mol. The SMILES string of the molecule is Cc1ccc(N(C)C2CCOCC2)c(C(=O)O)c1. The Morgan fingerprint density at radius 3 is 2.67 bits per heavy atom. The number of aryl methyl sites for hydroxylation is 1. The predicted molar refractivity (Wildman–Crippen MR) is 70.4 cm³/mol. The van der Waals surface area contributed by atoms with Crippen molar-refractivity contribution in [2.75, 3.05) is 25.2 Å². The summed E-state index contributed by atoms with van der Waals surface area (Å²) in [7, 11) is 1.97. The van der Waals surface area contributed by atoms with Gasteiger partial charge in [-0.2, -0.15) is 0 Å². The normalized spacial score (nSPS) is 16.6. The predicted octanol–water partition coefficient (Wildman–Crippen LogP) is 2.31. The first kappa shape index (κ1) is 12.9. The van der Waals surface area contributed by atoms with Gasteiger partial charge in [-0.25, -0.2) is 4.79 Å². The Morgan fingerprint density at radius 2 is 2.06 bits per heavy atom. The van der Waals surface area contributed by atoms with Crippen LogP contribution < -0.4 is 4.90 Å². The lowest BCUT2D eigenvalue weighted by Gasteiger charge is -2.33. The third-order valence-electron chi connectivity index (χ3n) is 3.50. The van der Waals surface area contributed by atoms with Gasteiger partial charge >= 0.3 is 5.97 Å². The van der Waals surface area contributed by atoms with E-state index in [0.29, 0.717) is 11.6 Å². The van der Waals surface area contributed by atoms with E-state index in [-0.39, 0.29) is 0 Å². The summed E-state index contributed by atoms with van der Waals surface area (Å²) < 4.78 is 5.34. The molecule has 0 aliphatic carbocycles. The molecule has 4 heteroatoms. The van der Waals surface area contributed by atoms with Crippen LogP contribution >= 0.6 is 0 Å². The zero-order valence-electron chi connectivity index (χ0n) is 10.8. The van der Waals surface area contributed by atoms with Gasteiger partial charge in [-0.1, -0.05) is 11.6 Å². The number of carbonyl (C=O) groups is 1. The van der Waals surface area contributed by atoms with Crippen LogP contribution in [-0.2, 0) is 4.74 Å². The van der Waals surface area contributed by atoms with Crippen molar-refractivity contribution in [1.29, 1.82) is 0 Å². The summed E-state index contributed by atoms with van der Waals surface area (Å²) in [6, 6.07) is 5.94. The van der Waals surface area contributed by atoms with Crippen LogP contribution in [0.3, 0.4) is 0 Å². The van der Waals surface area contributed by atoms with Crippen molar-refractivity contribution in [3.8, 4) is 0 Å². The summed E-state index contributed by atoms with van der Waals surface area (Å²) in [4.78, 5) is 13.4. The molecule has 1 saturated heterocycles. The Kier molecular flexibility index (Phi) is 3.87. The van der Waals surface area contributed by atoms with Crippen molar-refractivity contribution in [1.82, 2.24) is 0 Å². The van der Waals surface area contributed by atoms with Gasteiger partial charge in [0.15, 0.2) is 0 Å². The Hall–Kier alpha value is -1.55. The number of aromatic carboxylic acids is 1. The fraction of sp³-hybridized carbons (Fsp3) is 0.500. The third kappa shape index (κ3) is 2.64. The molecule has 1 aromatic carbocycles. The average Bonchev–Trinajstić information content (AvgIpc) is 2.39. The van der Waals surface area contributed by atoms with Gasteiger partial charge in [-0.3, -0.25) is 0 Å². The van der Waals surface area contributed by atoms with Crippen molar-refractivity contribution >= 4 is 11.7 Å². The molecule has 0 saturated carbocycles. The number of carboxylic acid groups (broad SMARTS) is 1. The summed E-state index contributed by atoms with van der Waals surface area (Å²) in [6.07, 6.45) is 1.90. The van der Waals surface area contributed by atoms with Gasteiger partial charge in [0.25, 0.3) is 0 Å². The van der Waals surface area contributed by atoms with Crippen LogP contribution in [0.25, 0.3) is 0 Å². The van der Waals surface area contributed by atoms with E-state index < -0.39 is 5.97 Å². The molecule has 0 bridgehead atoms. The third-order valence-corrected chi connectivity index (χ3v) is 3.50. The minimum atomic E-state index is -0.868. The Bertz CT molecular complexity index is 439. The van der Waals surface area contributed by atoms with E-state index in [9.17, 15) is 9.90 Å². The molecule has 0 aromatic heterocycles. The smallest absolute Gasteiger partial charge is 0.337 e. The van der Waals surface area contributed by atoms with Crippen molar-refractivity contribution < 1.29 is 14.6 Å². The van der Waals surface area contributed by atoms with Crippen LogP contribution in [0.2, 0.25) is 0 Å². The fourth-order valence-electron chi connectivity index (χ4n) is 2.40. The Labute approximate surface area is 107 Å². The van der Waals surface area contributed by atoms with Crippen LogP contribution in [0.1, 0.15) is 28.8 Å². The molecule has 0 radical (unpaired) electrons. The first-order valence-corrected chi connectivity index (χ1v) is 6.24. The van der Waals surface area contributed by atoms with E-state index in [4.69, 9.17) is 4.74 Å². The van der Waals surface area contributed by atoms with Gasteiger partial charge < -0.3 is 14.7 Å². The molecule has 1 aliphatic rings. The van der Waals surface area contributed by atoms with Crippen LogP contribution in [0.5, 0.6) is 0 Å². The molecule has 4 nitrogen and oxygen atoms in total. The lowest BCUT2D eigenvalue weighted by Crippen LogP contribution is -2.37. The summed E-state index contributed by atoms with van der Waals surface area (Å²) in [5, 5.41) is 9.29. The Balaban J connectivity index is 2.28. The van der Waals surface area contributed by atoms with E-state index in [1.54, 1.807) is 6.07 Å². The highest BCUT2D eigenvalue weighted by Gasteiger charge is 2.22. The van der Waals surface area contributed by atoms with Crippen molar-refractivity contribution in [2.45, 2.75) is 25.8 Å². The van der Waals surface area contributed by atoms with Crippen molar-refractivity contribution in [3.05, 3.63) is 29.3 Å². The fourth-order valence-corrected chi connectivity index (χ4v) is 2.40. The van der Waals surface area contributed by atoms with Gasteiger partial charge in [-0.05, 0) is 31.9 Å². The number of benzene rings is 1. The molecule has 1 fully saturated rings. The van der Waals surface area contributed by atoms with Gasteiger partial charge in [0, 0.05) is 26.3 Å². The number of anilines is 1. The first-order chi connectivity index (χ1) is 8.59. The number of carboxylic acids is 1. The zero-order valence-corrected chi connectivity index (χ0v) is 10.8. The molecule has 2 rings (SSSR count). The largest absolute Gasteiger partial charge is 0.478 e. The van der Waals surface area contributed by atoms with Crippen LogP contribution in [-0.4, -0.2) is 37.4 Å². The zero-order chi connectivity index (χ0) is 13.1. The summed E-state index contributed by atoms with van der Waals surface area (Å²) in [5.74, 6) is -0.868. The second-order valence-electron chi connectivity index (χ2n) is 4.78. The molecule has 98 valence electrons. The molecule has 1 aliphatic heterocycles. The minimum absolute atomic E-state index is 0.361. The molecule has 0 atom stereocenters. The Morgan fingerprint density at radius 1 is 1.39 bits per heavy atom. The number of hydrogen-bond acceptors (Lipinski definition) is 3. The lowest BCUT2D eigenvalue weighted by atomic mass is 10.0. The molecule has 0 spiro atoms. The summed E-state index contributed by atoms with van der Waals surface area (Å²) in [5.41, 5.74) is 2.14.